The van der Waals surface area contributed by atoms with Crippen LogP contribution in [0.5, 0.6) is 5.75 Å². The summed E-state index contributed by atoms with van der Waals surface area (Å²) in [7, 11) is 1.60. The molecule has 1 unspecified atom stereocenters. The van der Waals surface area contributed by atoms with Gasteiger partial charge in [0, 0.05) is 55.8 Å². The van der Waals surface area contributed by atoms with E-state index in [4.69, 9.17) is 10.5 Å². The largest absolute Gasteiger partial charge is 0.496 e. The molecule has 0 spiro atoms. The van der Waals surface area contributed by atoms with Gasteiger partial charge in [0.15, 0.2) is 0 Å². The Kier molecular flexibility index (Phi) is 24.7. The van der Waals surface area contributed by atoms with Crippen LogP contribution < -0.4 is 15.8 Å². The summed E-state index contributed by atoms with van der Waals surface area (Å²) in [5.41, 5.74) is 17.5. The van der Waals surface area contributed by atoms with Gasteiger partial charge >= 0.3 is 0 Å². The molecule has 3 rings (SSSR count). The quantitative estimate of drug-likeness (QED) is 0.0596. The van der Waals surface area contributed by atoms with Crippen LogP contribution in [0.1, 0.15) is 172 Å². The number of unbranched alkanes of at least 4 members (excludes halogenated alkanes) is 1. The van der Waals surface area contributed by atoms with Gasteiger partial charge < -0.3 is 30.7 Å². The van der Waals surface area contributed by atoms with Crippen LogP contribution in [0.3, 0.4) is 0 Å². The number of hydrogen-bond acceptors (Lipinski definition) is 8. The van der Waals surface area contributed by atoms with Crippen molar-refractivity contribution in [3.63, 3.8) is 0 Å². The van der Waals surface area contributed by atoms with Gasteiger partial charge in [0.05, 0.1) is 19.8 Å². The van der Waals surface area contributed by atoms with Crippen LogP contribution in [0.15, 0.2) is 88.1 Å². The molecule has 10 heteroatoms. The highest BCUT2D eigenvalue weighted by molar-refractivity contribution is 5.95. The molecule has 0 aliphatic carbocycles. The number of allylic oxidation sites excluding steroid dienone is 12. The summed E-state index contributed by atoms with van der Waals surface area (Å²) in [5, 5.41) is 13.3. The van der Waals surface area contributed by atoms with Crippen LogP contribution in [0.2, 0.25) is 0 Å². The fourth-order valence-electron chi connectivity index (χ4n) is 8.11. The normalized spacial score (nSPS) is 14.7. The maximum absolute atomic E-state index is 13.6. The van der Waals surface area contributed by atoms with Crippen LogP contribution in [0, 0.1) is 6.92 Å². The van der Waals surface area contributed by atoms with Crippen molar-refractivity contribution in [2.24, 2.45) is 0 Å². The van der Waals surface area contributed by atoms with Gasteiger partial charge in [-0.25, -0.2) is 4.98 Å². The molecule has 1 atom stereocenters. The van der Waals surface area contributed by atoms with Crippen molar-refractivity contribution < 1.29 is 19.4 Å². The lowest BCUT2D eigenvalue weighted by molar-refractivity contribution is -0.132. The summed E-state index contributed by atoms with van der Waals surface area (Å²) in [6.45, 7) is 21.4. The molecule has 2 heterocycles. The van der Waals surface area contributed by atoms with E-state index >= 15 is 0 Å². The van der Waals surface area contributed by atoms with Crippen molar-refractivity contribution in [2.45, 2.75) is 165 Å². The van der Waals surface area contributed by atoms with E-state index in [1.165, 1.54) is 33.4 Å². The summed E-state index contributed by atoms with van der Waals surface area (Å²) >= 11 is 0. The number of aliphatic hydroxyl groups excluding tert-OH is 1. The molecule has 1 aliphatic rings. The van der Waals surface area contributed by atoms with E-state index in [-0.39, 0.29) is 30.4 Å². The molecule has 1 aromatic carbocycles. The number of aromatic nitrogens is 2. The summed E-state index contributed by atoms with van der Waals surface area (Å²) in [4.78, 5) is 39.4. The Morgan fingerprint density at radius 2 is 1.25 bits per heavy atom. The molecular formula is C55H84N6O4. The number of piperazine rings is 1. The highest BCUT2D eigenvalue weighted by Gasteiger charge is 2.26. The molecular weight excluding hydrogens is 809 g/mol. The first-order chi connectivity index (χ1) is 31.1. The minimum Gasteiger partial charge on any atom is -0.496 e. The second-order valence-corrected chi connectivity index (χ2v) is 18.4. The number of nitrogens with zero attached hydrogens (tertiary/aromatic N) is 4. The van der Waals surface area contributed by atoms with Crippen molar-refractivity contribution in [1.29, 1.82) is 0 Å². The summed E-state index contributed by atoms with van der Waals surface area (Å²) in [6.07, 6.45) is 28.6. The number of nitrogen functional groups attached to an aromatic ring is 1. The number of aryl methyl sites for hydroxylation is 1. The fourth-order valence-corrected chi connectivity index (χ4v) is 8.11. The Bertz CT molecular complexity index is 2010. The van der Waals surface area contributed by atoms with E-state index in [1.807, 2.05) is 28.9 Å². The lowest BCUT2D eigenvalue weighted by Crippen LogP contribution is -2.50. The number of rotatable bonds is 27. The molecule has 1 aromatic heterocycles. The number of aliphatic hydroxyl groups is 1. The van der Waals surface area contributed by atoms with Crippen molar-refractivity contribution >= 4 is 23.6 Å². The van der Waals surface area contributed by atoms with Gasteiger partial charge in [-0.05, 0) is 150 Å². The van der Waals surface area contributed by atoms with Crippen molar-refractivity contribution in [3.05, 3.63) is 110 Å². The molecule has 0 saturated carbocycles. The zero-order valence-corrected chi connectivity index (χ0v) is 42.0. The highest BCUT2D eigenvalue weighted by atomic mass is 16.5. The van der Waals surface area contributed by atoms with Gasteiger partial charge in [-0.15, -0.1) is 0 Å². The second kappa shape index (κ2) is 29.5. The number of amides is 2. The van der Waals surface area contributed by atoms with Crippen LogP contribution >= 0.6 is 0 Å². The molecule has 0 bridgehead atoms. The Labute approximate surface area is 393 Å². The van der Waals surface area contributed by atoms with E-state index in [1.54, 1.807) is 13.2 Å². The van der Waals surface area contributed by atoms with Gasteiger partial charge in [-0.2, -0.15) is 4.98 Å². The second-order valence-electron chi connectivity index (χ2n) is 18.4. The number of methoxy groups -OCH3 is 1. The third kappa shape index (κ3) is 20.4. The smallest absolute Gasteiger partial charge is 0.254 e. The standard InChI is InChI=1S/C55H84N6O4/c1-11-18-49(39-62)58-53-50(46(9)57-55(56)59-53)37-47-30-31-48(38-51(47)65-10)54(64)61-35-33-60(34-36-61)52(63)32-29-45(8)28-17-27-44(7)26-16-24-42(5)21-13-12-20-41(4)23-15-25-43(6)22-14-19-40(2)3/h19-21,25-26,28,30-31,38,49,62H,11-18,22-24,27,29,32-37,39H2,1-10H3,(H3,56,57,58,59)/b41-20+,42-21+,43-25+,44-26+,45-28+. The molecule has 1 aliphatic heterocycles. The molecule has 1 saturated heterocycles. The Balaban J connectivity index is 1.38. The number of hydrogen-bond donors (Lipinski definition) is 3. The maximum atomic E-state index is 13.6. The molecule has 4 N–H and O–H groups in total. The van der Waals surface area contributed by atoms with Crippen LogP contribution in [0.25, 0.3) is 0 Å². The molecule has 2 aromatic rings. The third-order valence-corrected chi connectivity index (χ3v) is 12.3. The Morgan fingerprint density at radius 3 is 1.75 bits per heavy atom. The topological polar surface area (TPSA) is 134 Å². The maximum Gasteiger partial charge on any atom is 0.254 e. The van der Waals surface area contributed by atoms with Crippen LogP contribution in [-0.2, 0) is 11.2 Å². The predicted octanol–water partition coefficient (Wildman–Crippen LogP) is 12.2. The van der Waals surface area contributed by atoms with Crippen LogP contribution in [0.4, 0.5) is 11.8 Å². The van der Waals surface area contributed by atoms with Gasteiger partial charge in [0.25, 0.3) is 5.91 Å². The molecule has 0 radical (unpaired) electrons. The first kappa shape index (κ1) is 54.4. The Morgan fingerprint density at radius 1 is 0.738 bits per heavy atom. The zero-order valence-electron chi connectivity index (χ0n) is 42.0. The molecule has 358 valence electrons. The van der Waals surface area contributed by atoms with Crippen LogP contribution in [-0.4, -0.2) is 82.6 Å². The average Bonchev–Trinajstić information content (AvgIpc) is 3.27. The summed E-state index contributed by atoms with van der Waals surface area (Å²) in [5.74, 6) is 1.40. The zero-order chi connectivity index (χ0) is 47.7. The Hall–Kier alpha value is -4.96. The van der Waals surface area contributed by atoms with E-state index in [9.17, 15) is 14.7 Å². The van der Waals surface area contributed by atoms with Gasteiger partial charge in [0.1, 0.15) is 11.6 Å². The lowest BCUT2D eigenvalue weighted by Gasteiger charge is -2.35. The number of benzene rings is 1. The highest BCUT2D eigenvalue weighted by Crippen LogP contribution is 2.29. The number of carbonyl (C=O) groups is 2. The summed E-state index contributed by atoms with van der Waals surface area (Å²) in [6, 6.07) is 5.37. The van der Waals surface area contributed by atoms with Gasteiger partial charge in [-0.1, -0.05) is 89.3 Å². The average molecular weight is 893 g/mol. The van der Waals surface area contributed by atoms with Gasteiger partial charge in [0.2, 0.25) is 11.9 Å². The van der Waals surface area contributed by atoms with Crippen molar-refractivity contribution in [2.75, 3.05) is 50.9 Å². The van der Waals surface area contributed by atoms with Crippen molar-refractivity contribution in [1.82, 2.24) is 19.8 Å². The molecule has 65 heavy (non-hydrogen) atoms. The molecule has 10 nitrogen and oxygen atoms in total. The fraction of sp³-hybridized carbons (Fsp3) is 0.564. The monoisotopic (exact) mass is 893 g/mol. The first-order valence-electron chi connectivity index (χ1n) is 24.3. The minimum absolute atomic E-state index is 0.0247. The number of nitrogens with one attached hydrogen (secondary N) is 1. The first-order valence-corrected chi connectivity index (χ1v) is 24.3. The molecule has 2 amide bonds. The van der Waals surface area contributed by atoms with E-state index in [0.717, 1.165) is 100 Å². The van der Waals surface area contributed by atoms with E-state index in [0.29, 0.717) is 56.2 Å². The van der Waals surface area contributed by atoms with Crippen molar-refractivity contribution in [3.8, 4) is 5.75 Å². The lowest BCUT2D eigenvalue weighted by atomic mass is 10.0. The predicted molar refractivity (Wildman–Crippen MR) is 272 cm³/mol. The summed E-state index contributed by atoms with van der Waals surface area (Å²) < 4.78 is 5.77. The minimum atomic E-state index is -0.157. The number of anilines is 2. The van der Waals surface area contributed by atoms with E-state index < -0.39 is 0 Å². The number of carbonyl (C=O) groups excluding carboxylic acids is 2. The molecule has 1 fully saturated rings. The number of nitrogens with two attached hydrogens (primary N) is 1. The number of ether oxygens (including phenoxy) is 1. The SMILES string of the molecule is CCCC(CO)Nc1nc(N)nc(C)c1Cc1ccc(C(=O)N2CCN(C(=O)CC/C(C)=C/CC/C(C)=C/CC/C(C)=C/CC/C=C(\C)CC/C=C(\C)CCC=C(C)C)CC2)cc1OC. The van der Waals surface area contributed by atoms with Gasteiger partial charge in [-0.3, -0.25) is 9.59 Å². The van der Waals surface area contributed by atoms with E-state index in [2.05, 4.69) is 107 Å². The third-order valence-electron chi connectivity index (χ3n) is 12.3.